The number of aliphatic hydroxyl groups is 1. The van der Waals surface area contributed by atoms with E-state index in [9.17, 15) is 14.6 Å². The number of hydrogen-bond acceptors (Lipinski definition) is 10. The molecular formula is C28H51N5NaO6P. The van der Waals surface area contributed by atoms with E-state index in [0.717, 1.165) is 6.42 Å². The summed E-state index contributed by atoms with van der Waals surface area (Å²) >= 11 is 0. The Bertz CT molecular complexity index is 969. The summed E-state index contributed by atoms with van der Waals surface area (Å²) in [6.07, 6.45) is 21.2. The molecule has 0 saturated carbocycles. The molecule has 2 heterocycles. The molecule has 230 valence electrons. The molecule has 13 heteroatoms. The van der Waals surface area contributed by atoms with E-state index in [-0.39, 0.29) is 55.2 Å². The van der Waals surface area contributed by atoms with Crippen LogP contribution in [0.25, 0.3) is 11.2 Å². The molecule has 0 aliphatic heterocycles. The van der Waals surface area contributed by atoms with Crippen LogP contribution >= 0.6 is 7.60 Å². The number of imidazole rings is 1. The summed E-state index contributed by atoms with van der Waals surface area (Å²) in [5.74, 6) is 0.224. The van der Waals surface area contributed by atoms with Crippen LogP contribution in [0.1, 0.15) is 109 Å². The van der Waals surface area contributed by atoms with Crippen molar-refractivity contribution in [2.75, 3.05) is 45.1 Å². The molecule has 0 amide bonds. The van der Waals surface area contributed by atoms with Gasteiger partial charge in [0.15, 0.2) is 19.1 Å². The number of nitrogens with two attached hydrogens (primary N) is 1. The zero-order valence-electron chi connectivity index (χ0n) is 25.4. The SMILES string of the molecule is CCCCCCCCCCCCCCCCOCCCOP(=O)([O-])COCC(CO)n1cnc2c(N)ncnc21.[Na+]. The van der Waals surface area contributed by atoms with E-state index in [1.807, 2.05) is 0 Å². The minimum Gasteiger partial charge on any atom is -0.777 e. The molecule has 2 unspecified atom stereocenters. The number of aromatic nitrogens is 4. The van der Waals surface area contributed by atoms with Gasteiger partial charge in [-0.05, 0) is 12.8 Å². The summed E-state index contributed by atoms with van der Waals surface area (Å²) in [4.78, 5) is 24.3. The Morgan fingerprint density at radius 2 is 1.46 bits per heavy atom. The number of ether oxygens (including phenoxy) is 2. The van der Waals surface area contributed by atoms with E-state index in [1.165, 1.54) is 96.1 Å². The van der Waals surface area contributed by atoms with E-state index >= 15 is 0 Å². The van der Waals surface area contributed by atoms with Gasteiger partial charge in [-0.25, -0.2) is 15.0 Å². The van der Waals surface area contributed by atoms with Gasteiger partial charge in [0.2, 0.25) is 0 Å². The molecule has 0 aliphatic rings. The third-order valence-corrected chi connectivity index (χ3v) is 7.99. The topological polar surface area (TPSA) is 158 Å². The molecule has 2 aromatic heterocycles. The number of hydrogen-bond donors (Lipinski definition) is 2. The van der Waals surface area contributed by atoms with E-state index in [2.05, 4.69) is 21.9 Å². The van der Waals surface area contributed by atoms with Crippen LogP contribution in [-0.4, -0.2) is 64.0 Å². The van der Waals surface area contributed by atoms with Crippen LogP contribution in [0.3, 0.4) is 0 Å². The number of nitrogen functional groups attached to an aromatic ring is 1. The van der Waals surface area contributed by atoms with Crippen molar-refractivity contribution in [3.63, 3.8) is 0 Å². The van der Waals surface area contributed by atoms with Crippen molar-refractivity contribution in [3.8, 4) is 0 Å². The summed E-state index contributed by atoms with van der Waals surface area (Å²) in [7, 11) is -4.16. The normalized spacial score (nSPS) is 13.7. The molecule has 0 bridgehead atoms. The molecule has 11 nitrogen and oxygen atoms in total. The molecule has 0 radical (unpaired) electrons. The number of unbranched alkanes of at least 4 members (excludes halogenated alkanes) is 13. The zero-order valence-corrected chi connectivity index (χ0v) is 28.3. The van der Waals surface area contributed by atoms with Crippen molar-refractivity contribution < 1.29 is 58.1 Å². The van der Waals surface area contributed by atoms with Crippen LogP contribution in [0.4, 0.5) is 5.82 Å². The van der Waals surface area contributed by atoms with Gasteiger partial charge in [0.25, 0.3) is 0 Å². The summed E-state index contributed by atoms with van der Waals surface area (Å²) in [5, 5.41) is 9.74. The fourth-order valence-electron chi connectivity index (χ4n) is 4.56. The Kier molecular flexibility index (Phi) is 22.3. The molecule has 2 rings (SSSR count). The van der Waals surface area contributed by atoms with Gasteiger partial charge in [0, 0.05) is 13.2 Å². The van der Waals surface area contributed by atoms with Crippen molar-refractivity contribution in [3.05, 3.63) is 12.7 Å². The fourth-order valence-corrected chi connectivity index (χ4v) is 5.37. The van der Waals surface area contributed by atoms with Crippen LogP contribution in [0.15, 0.2) is 12.7 Å². The van der Waals surface area contributed by atoms with Gasteiger partial charge in [-0.3, -0.25) is 0 Å². The van der Waals surface area contributed by atoms with Gasteiger partial charge >= 0.3 is 29.6 Å². The second kappa shape index (κ2) is 23.8. The summed E-state index contributed by atoms with van der Waals surface area (Å²) in [6, 6.07) is -0.581. The Labute approximate surface area is 268 Å². The zero-order chi connectivity index (χ0) is 28.9. The average molecular weight is 608 g/mol. The molecule has 41 heavy (non-hydrogen) atoms. The van der Waals surface area contributed by atoms with Crippen LogP contribution < -0.4 is 40.2 Å². The molecule has 0 aromatic carbocycles. The van der Waals surface area contributed by atoms with E-state index in [0.29, 0.717) is 30.8 Å². The van der Waals surface area contributed by atoms with Gasteiger partial charge in [-0.15, -0.1) is 0 Å². The Morgan fingerprint density at radius 3 is 2.07 bits per heavy atom. The number of rotatable bonds is 26. The third kappa shape index (κ3) is 16.7. The third-order valence-electron chi connectivity index (χ3n) is 6.91. The molecule has 0 fully saturated rings. The van der Waals surface area contributed by atoms with Crippen LogP contribution in [0, 0.1) is 0 Å². The summed E-state index contributed by atoms with van der Waals surface area (Å²) in [6.45, 7) is 3.11. The predicted octanol–water partition coefficient (Wildman–Crippen LogP) is 2.38. The van der Waals surface area contributed by atoms with Gasteiger partial charge in [0.1, 0.15) is 18.2 Å². The fraction of sp³-hybridized carbons (Fsp3) is 0.821. The first-order chi connectivity index (χ1) is 19.5. The van der Waals surface area contributed by atoms with Crippen molar-refractivity contribution in [1.29, 1.82) is 0 Å². The molecule has 2 aromatic rings. The average Bonchev–Trinajstić information content (AvgIpc) is 3.37. The Morgan fingerprint density at radius 1 is 0.878 bits per heavy atom. The van der Waals surface area contributed by atoms with Crippen molar-refractivity contribution >= 4 is 24.6 Å². The van der Waals surface area contributed by atoms with Crippen molar-refractivity contribution in [1.82, 2.24) is 19.5 Å². The molecule has 0 saturated heterocycles. The second-order valence-electron chi connectivity index (χ2n) is 10.4. The van der Waals surface area contributed by atoms with Crippen molar-refractivity contribution in [2.24, 2.45) is 0 Å². The summed E-state index contributed by atoms with van der Waals surface area (Å²) < 4.78 is 29.7. The molecule has 3 N–H and O–H groups in total. The van der Waals surface area contributed by atoms with E-state index in [1.54, 1.807) is 4.57 Å². The maximum atomic E-state index is 12.1. The van der Waals surface area contributed by atoms with Crippen molar-refractivity contribution in [2.45, 2.75) is 109 Å². The first-order valence-corrected chi connectivity index (χ1v) is 16.8. The maximum Gasteiger partial charge on any atom is 1.00 e. The van der Waals surface area contributed by atoms with Crippen LogP contribution in [0.5, 0.6) is 0 Å². The largest absolute Gasteiger partial charge is 1.00 e. The Balaban J connectivity index is 0.00000840. The van der Waals surface area contributed by atoms with Crippen LogP contribution in [0.2, 0.25) is 0 Å². The summed E-state index contributed by atoms with van der Waals surface area (Å²) in [5.41, 5.74) is 6.63. The standard InChI is InChI=1S/C28H52N5O6P.Na/c1-2-3-4-5-6-7-8-9-10-11-12-13-14-15-17-37-18-16-19-39-40(35,36)24-38-21-25(20-34)33-23-32-26-27(29)30-22-31-28(26)33;/h22-23,25,34H,2-21,24H2,1H3,(H,35,36)(H2,29,30,31);/q;+1/p-1. The number of anilines is 1. The minimum atomic E-state index is -4.16. The van der Waals surface area contributed by atoms with Gasteiger partial charge in [-0.1, -0.05) is 90.4 Å². The number of nitrogens with zero attached hydrogens (tertiary/aromatic N) is 4. The first-order valence-electron chi connectivity index (χ1n) is 15.1. The van der Waals surface area contributed by atoms with Gasteiger partial charge in [-0.2, -0.15) is 0 Å². The molecule has 2 atom stereocenters. The molecule has 0 spiro atoms. The monoisotopic (exact) mass is 607 g/mol. The quantitative estimate of drug-likeness (QED) is 0.0924. The number of fused-ring (bicyclic) bond motifs is 1. The van der Waals surface area contributed by atoms with E-state index in [4.69, 9.17) is 19.7 Å². The minimum absolute atomic E-state index is 0. The molecular weight excluding hydrogens is 556 g/mol. The maximum absolute atomic E-state index is 12.1. The predicted molar refractivity (Wildman–Crippen MR) is 156 cm³/mol. The van der Waals surface area contributed by atoms with Crippen LogP contribution in [-0.2, 0) is 18.6 Å². The van der Waals surface area contributed by atoms with E-state index < -0.39 is 20.0 Å². The Hall–Kier alpha value is -0.620. The number of aliphatic hydroxyl groups excluding tert-OH is 1. The van der Waals surface area contributed by atoms with Gasteiger partial charge < -0.3 is 38.9 Å². The molecule has 0 aliphatic carbocycles. The second-order valence-corrected chi connectivity index (χ2v) is 12.2. The van der Waals surface area contributed by atoms with Gasteiger partial charge in [0.05, 0.1) is 32.2 Å². The smallest absolute Gasteiger partial charge is 0.777 e. The first kappa shape index (κ1) is 38.4.